The fourth-order valence-corrected chi connectivity index (χ4v) is 1.89. The largest absolute Gasteiger partial charge is 0.328 e. The molecule has 0 aliphatic heterocycles. The highest BCUT2D eigenvalue weighted by Crippen LogP contribution is 2.10. The van der Waals surface area contributed by atoms with Crippen LogP contribution in [0.25, 0.3) is 0 Å². The lowest BCUT2D eigenvalue weighted by atomic mass is 10.0. The molecule has 2 atom stereocenters. The third kappa shape index (κ3) is 7.80. The van der Waals surface area contributed by atoms with Crippen LogP contribution in [0.15, 0.2) is 0 Å². The molecule has 2 nitrogen and oxygen atoms in total. The van der Waals surface area contributed by atoms with Gasteiger partial charge in [0, 0.05) is 12.1 Å². The van der Waals surface area contributed by atoms with Gasteiger partial charge in [0.1, 0.15) is 0 Å². The average Bonchev–Trinajstić information content (AvgIpc) is 2.16. The number of hydrogen-bond acceptors (Lipinski definition) is 2. The van der Waals surface area contributed by atoms with Gasteiger partial charge in [0.2, 0.25) is 0 Å². The molecule has 0 bridgehead atoms. The second-order valence-electron chi connectivity index (χ2n) is 5.27. The van der Waals surface area contributed by atoms with Crippen LogP contribution in [0.3, 0.4) is 0 Å². The van der Waals surface area contributed by atoms with Crippen LogP contribution in [0.1, 0.15) is 53.4 Å². The Hall–Kier alpha value is -0.0800. The van der Waals surface area contributed by atoms with Gasteiger partial charge in [0.15, 0.2) is 0 Å². The number of hydrogen-bond donors (Lipinski definition) is 1. The van der Waals surface area contributed by atoms with Gasteiger partial charge >= 0.3 is 0 Å². The quantitative estimate of drug-likeness (QED) is 0.673. The Kier molecular flexibility index (Phi) is 8.07. The van der Waals surface area contributed by atoms with Crippen molar-refractivity contribution >= 4 is 0 Å². The Morgan fingerprint density at radius 1 is 1.20 bits per heavy atom. The molecule has 0 saturated carbocycles. The van der Waals surface area contributed by atoms with Crippen molar-refractivity contribution in [3.8, 4) is 0 Å². The number of rotatable bonds is 8. The molecule has 0 spiro atoms. The van der Waals surface area contributed by atoms with E-state index in [2.05, 4.69) is 39.6 Å². The van der Waals surface area contributed by atoms with E-state index in [0.717, 1.165) is 18.8 Å². The maximum Gasteiger partial charge on any atom is 0.00663 e. The minimum Gasteiger partial charge on any atom is -0.328 e. The van der Waals surface area contributed by atoms with Gasteiger partial charge in [-0.1, -0.05) is 20.8 Å². The van der Waals surface area contributed by atoms with E-state index < -0.39 is 0 Å². The summed E-state index contributed by atoms with van der Waals surface area (Å²) in [6, 6.07) is 1.10. The van der Waals surface area contributed by atoms with Crippen LogP contribution >= 0.6 is 0 Å². The second kappa shape index (κ2) is 8.12. The third-order valence-electron chi connectivity index (χ3n) is 3.18. The monoisotopic (exact) mass is 214 g/mol. The summed E-state index contributed by atoms with van der Waals surface area (Å²) in [5, 5.41) is 0. The molecule has 0 aromatic rings. The molecule has 0 aromatic carbocycles. The molecule has 92 valence electrons. The summed E-state index contributed by atoms with van der Waals surface area (Å²) in [6.07, 6.45) is 4.78. The molecule has 2 N–H and O–H groups in total. The molecule has 0 aliphatic rings. The van der Waals surface area contributed by atoms with Crippen LogP contribution in [0.5, 0.6) is 0 Å². The lowest BCUT2D eigenvalue weighted by Gasteiger charge is -2.26. The SMILES string of the molecule is CCC(N)CCCN(C)C(C)CC(C)C. The molecular formula is C13H30N2. The van der Waals surface area contributed by atoms with Gasteiger partial charge in [-0.2, -0.15) is 0 Å². The summed E-state index contributed by atoms with van der Waals surface area (Å²) in [7, 11) is 2.23. The Balaban J connectivity index is 3.59. The summed E-state index contributed by atoms with van der Waals surface area (Å²) in [6.45, 7) is 10.2. The molecule has 2 unspecified atom stereocenters. The summed E-state index contributed by atoms with van der Waals surface area (Å²) >= 11 is 0. The first-order valence-corrected chi connectivity index (χ1v) is 6.43. The van der Waals surface area contributed by atoms with Crippen LogP contribution in [0.4, 0.5) is 0 Å². The Morgan fingerprint density at radius 2 is 1.80 bits per heavy atom. The summed E-state index contributed by atoms with van der Waals surface area (Å²) in [4.78, 5) is 2.46. The maximum absolute atomic E-state index is 5.90. The smallest absolute Gasteiger partial charge is 0.00663 e. The van der Waals surface area contributed by atoms with Crippen molar-refractivity contribution in [3.63, 3.8) is 0 Å². The van der Waals surface area contributed by atoms with Crippen LogP contribution in [-0.4, -0.2) is 30.6 Å². The molecular weight excluding hydrogens is 184 g/mol. The van der Waals surface area contributed by atoms with E-state index >= 15 is 0 Å². The fraction of sp³-hybridized carbons (Fsp3) is 1.00. The Morgan fingerprint density at radius 3 is 2.27 bits per heavy atom. The van der Waals surface area contributed by atoms with Crippen molar-refractivity contribution in [1.82, 2.24) is 4.90 Å². The van der Waals surface area contributed by atoms with Gasteiger partial charge in [-0.3, -0.25) is 0 Å². The zero-order chi connectivity index (χ0) is 11.8. The minimum absolute atomic E-state index is 0.402. The molecule has 0 fully saturated rings. The molecule has 0 amide bonds. The van der Waals surface area contributed by atoms with Gasteiger partial charge in [0.25, 0.3) is 0 Å². The van der Waals surface area contributed by atoms with E-state index in [1.807, 2.05) is 0 Å². The maximum atomic E-state index is 5.90. The first-order chi connectivity index (χ1) is 6.97. The topological polar surface area (TPSA) is 29.3 Å². The van der Waals surface area contributed by atoms with E-state index in [0.29, 0.717) is 12.1 Å². The lowest BCUT2D eigenvalue weighted by Crippen LogP contribution is -2.32. The predicted octanol–water partition coefficient (Wildman–Crippen LogP) is 2.87. The van der Waals surface area contributed by atoms with Crippen LogP contribution in [-0.2, 0) is 0 Å². The third-order valence-corrected chi connectivity index (χ3v) is 3.18. The number of nitrogens with zero attached hydrogens (tertiary/aromatic N) is 1. The second-order valence-corrected chi connectivity index (χ2v) is 5.27. The molecule has 0 aliphatic carbocycles. The minimum atomic E-state index is 0.402. The highest BCUT2D eigenvalue weighted by molar-refractivity contribution is 4.66. The highest BCUT2D eigenvalue weighted by atomic mass is 15.1. The molecule has 0 rings (SSSR count). The zero-order valence-corrected chi connectivity index (χ0v) is 11.3. The molecule has 0 heterocycles. The van der Waals surface area contributed by atoms with Gasteiger partial charge in [0.05, 0.1) is 0 Å². The van der Waals surface area contributed by atoms with Gasteiger partial charge < -0.3 is 10.6 Å². The predicted molar refractivity (Wildman–Crippen MR) is 69.0 cm³/mol. The van der Waals surface area contributed by atoms with Crippen molar-refractivity contribution in [3.05, 3.63) is 0 Å². The molecule has 0 saturated heterocycles. The van der Waals surface area contributed by atoms with E-state index in [1.54, 1.807) is 0 Å². The van der Waals surface area contributed by atoms with E-state index in [1.165, 1.54) is 19.4 Å². The van der Waals surface area contributed by atoms with Crippen molar-refractivity contribution < 1.29 is 0 Å². The highest BCUT2D eigenvalue weighted by Gasteiger charge is 2.10. The van der Waals surface area contributed by atoms with Gasteiger partial charge in [-0.25, -0.2) is 0 Å². The normalized spacial score (nSPS) is 16.0. The summed E-state index contributed by atoms with van der Waals surface area (Å²) in [5.74, 6) is 0.792. The molecule has 2 heteroatoms. The van der Waals surface area contributed by atoms with Gasteiger partial charge in [-0.05, 0) is 52.1 Å². The Labute approximate surface area is 96.2 Å². The van der Waals surface area contributed by atoms with Crippen molar-refractivity contribution in [1.29, 1.82) is 0 Å². The van der Waals surface area contributed by atoms with E-state index in [4.69, 9.17) is 5.73 Å². The zero-order valence-electron chi connectivity index (χ0n) is 11.3. The van der Waals surface area contributed by atoms with E-state index in [9.17, 15) is 0 Å². The first-order valence-electron chi connectivity index (χ1n) is 6.43. The summed E-state index contributed by atoms with van der Waals surface area (Å²) in [5.41, 5.74) is 5.90. The Bertz CT molecular complexity index is 145. The molecule has 0 aromatic heterocycles. The fourth-order valence-electron chi connectivity index (χ4n) is 1.89. The van der Waals surface area contributed by atoms with Crippen LogP contribution in [0.2, 0.25) is 0 Å². The van der Waals surface area contributed by atoms with Crippen LogP contribution < -0.4 is 5.73 Å². The standard InChI is InChI=1S/C13H30N2/c1-6-13(14)8-7-9-15(5)12(4)10-11(2)3/h11-13H,6-10,14H2,1-5H3. The van der Waals surface area contributed by atoms with Crippen LogP contribution in [0, 0.1) is 5.92 Å². The molecule has 0 radical (unpaired) electrons. The van der Waals surface area contributed by atoms with Crippen molar-refractivity contribution in [2.75, 3.05) is 13.6 Å². The van der Waals surface area contributed by atoms with E-state index in [-0.39, 0.29) is 0 Å². The number of nitrogens with two attached hydrogens (primary N) is 1. The van der Waals surface area contributed by atoms with Crippen molar-refractivity contribution in [2.24, 2.45) is 11.7 Å². The van der Waals surface area contributed by atoms with Gasteiger partial charge in [-0.15, -0.1) is 0 Å². The lowest BCUT2D eigenvalue weighted by molar-refractivity contribution is 0.222. The van der Waals surface area contributed by atoms with Crippen molar-refractivity contribution in [2.45, 2.75) is 65.5 Å². The summed E-state index contributed by atoms with van der Waals surface area (Å²) < 4.78 is 0. The first kappa shape index (κ1) is 14.9. The molecule has 15 heavy (non-hydrogen) atoms. The average molecular weight is 214 g/mol.